The van der Waals surface area contributed by atoms with Gasteiger partial charge in [0.05, 0.1) is 30.6 Å². The van der Waals surface area contributed by atoms with E-state index in [0.29, 0.717) is 19.0 Å². The SMILES string of the molecule is COCCn1cc(Nc2nc(-c3cccnc3)nc3ccccc23)cn1. The lowest BCUT2D eigenvalue weighted by molar-refractivity contribution is 0.183. The molecule has 0 aliphatic carbocycles. The third kappa shape index (κ3) is 3.38. The normalized spacial score (nSPS) is 11.0. The number of pyridine rings is 1. The maximum atomic E-state index is 5.09. The van der Waals surface area contributed by atoms with Crippen LogP contribution in [0, 0.1) is 0 Å². The maximum absolute atomic E-state index is 5.09. The summed E-state index contributed by atoms with van der Waals surface area (Å²) in [6.07, 6.45) is 7.20. The van der Waals surface area contributed by atoms with Gasteiger partial charge in [-0.3, -0.25) is 9.67 Å². The smallest absolute Gasteiger partial charge is 0.163 e. The molecule has 4 aromatic rings. The Morgan fingerprint density at radius 3 is 2.85 bits per heavy atom. The Morgan fingerprint density at radius 1 is 1.08 bits per heavy atom. The van der Waals surface area contributed by atoms with Crippen molar-refractivity contribution < 1.29 is 4.74 Å². The molecule has 130 valence electrons. The number of nitrogens with zero attached hydrogens (tertiary/aromatic N) is 5. The number of para-hydroxylation sites is 1. The van der Waals surface area contributed by atoms with Crippen LogP contribution in [0.25, 0.3) is 22.3 Å². The van der Waals surface area contributed by atoms with E-state index in [4.69, 9.17) is 9.72 Å². The van der Waals surface area contributed by atoms with E-state index in [2.05, 4.69) is 20.4 Å². The van der Waals surface area contributed by atoms with Gasteiger partial charge in [0, 0.05) is 36.7 Å². The van der Waals surface area contributed by atoms with Gasteiger partial charge in [0.2, 0.25) is 0 Å². The number of anilines is 2. The first-order valence-corrected chi connectivity index (χ1v) is 8.29. The molecule has 0 spiro atoms. The fraction of sp³-hybridized carbons (Fsp3) is 0.158. The second-order valence-corrected chi connectivity index (χ2v) is 5.76. The minimum Gasteiger partial charge on any atom is -0.383 e. The van der Waals surface area contributed by atoms with E-state index in [1.807, 2.05) is 47.3 Å². The zero-order valence-corrected chi connectivity index (χ0v) is 14.3. The molecule has 0 saturated heterocycles. The minimum atomic E-state index is 0.614. The summed E-state index contributed by atoms with van der Waals surface area (Å²) in [6.45, 7) is 1.31. The van der Waals surface area contributed by atoms with Gasteiger partial charge in [-0.2, -0.15) is 5.10 Å². The number of aromatic nitrogens is 5. The fourth-order valence-electron chi connectivity index (χ4n) is 2.67. The molecule has 0 atom stereocenters. The monoisotopic (exact) mass is 346 g/mol. The summed E-state index contributed by atoms with van der Waals surface area (Å²) < 4.78 is 6.92. The summed E-state index contributed by atoms with van der Waals surface area (Å²) in [4.78, 5) is 13.5. The van der Waals surface area contributed by atoms with Crippen molar-refractivity contribution in [2.45, 2.75) is 6.54 Å². The average Bonchev–Trinajstić information content (AvgIpc) is 3.14. The Balaban J connectivity index is 1.72. The summed E-state index contributed by atoms with van der Waals surface area (Å²) in [7, 11) is 1.68. The molecule has 1 N–H and O–H groups in total. The maximum Gasteiger partial charge on any atom is 0.163 e. The zero-order chi connectivity index (χ0) is 17.8. The van der Waals surface area contributed by atoms with Gasteiger partial charge in [0.15, 0.2) is 5.82 Å². The lowest BCUT2D eigenvalue weighted by Crippen LogP contribution is -2.04. The molecule has 0 aliphatic rings. The predicted octanol–water partition coefficient (Wildman–Crippen LogP) is 3.28. The van der Waals surface area contributed by atoms with Crippen molar-refractivity contribution in [1.29, 1.82) is 0 Å². The molecule has 0 unspecified atom stereocenters. The number of rotatable bonds is 6. The van der Waals surface area contributed by atoms with Crippen molar-refractivity contribution >= 4 is 22.4 Å². The van der Waals surface area contributed by atoms with Gasteiger partial charge in [-0.15, -0.1) is 0 Å². The van der Waals surface area contributed by atoms with Crippen molar-refractivity contribution in [3.63, 3.8) is 0 Å². The Labute approximate surface area is 150 Å². The van der Waals surface area contributed by atoms with Crippen molar-refractivity contribution in [2.24, 2.45) is 0 Å². The summed E-state index contributed by atoms with van der Waals surface area (Å²) in [5.74, 6) is 1.37. The Morgan fingerprint density at radius 2 is 2.00 bits per heavy atom. The van der Waals surface area contributed by atoms with Crippen molar-refractivity contribution in [2.75, 3.05) is 19.0 Å². The Bertz CT molecular complexity index is 1010. The van der Waals surface area contributed by atoms with Crippen LogP contribution < -0.4 is 5.32 Å². The fourth-order valence-corrected chi connectivity index (χ4v) is 2.67. The quantitative estimate of drug-likeness (QED) is 0.577. The molecular weight excluding hydrogens is 328 g/mol. The zero-order valence-electron chi connectivity index (χ0n) is 14.3. The average molecular weight is 346 g/mol. The van der Waals surface area contributed by atoms with E-state index in [9.17, 15) is 0 Å². The van der Waals surface area contributed by atoms with Gasteiger partial charge < -0.3 is 10.1 Å². The number of hydrogen-bond acceptors (Lipinski definition) is 6. The lowest BCUT2D eigenvalue weighted by Gasteiger charge is -2.09. The second-order valence-electron chi connectivity index (χ2n) is 5.76. The topological polar surface area (TPSA) is 77.8 Å². The standard InChI is InChI=1S/C19H18N6O/c1-26-10-9-25-13-15(12-21-25)22-19-16-6-2-3-7-17(16)23-18(24-19)14-5-4-8-20-11-14/h2-8,11-13H,9-10H2,1H3,(H,22,23,24). The van der Waals surface area contributed by atoms with Crippen molar-refractivity contribution in [1.82, 2.24) is 24.7 Å². The molecule has 0 amide bonds. The van der Waals surface area contributed by atoms with Gasteiger partial charge in [0.25, 0.3) is 0 Å². The molecule has 0 saturated carbocycles. The van der Waals surface area contributed by atoms with Gasteiger partial charge in [0.1, 0.15) is 5.82 Å². The van der Waals surface area contributed by atoms with Crippen LogP contribution in [0.2, 0.25) is 0 Å². The number of methoxy groups -OCH3 is 1. The molecular formula is C19H18N6O. The Kier molecular flexibility index (Phi) is 4.53. The highest BCUT2D eigenvalue weighted by Crippen LogP contribution is 2.26. The summed E-state index contributed by atoms with van der Waals surface area (Å²) in [5.41, 5.74) is 2.61. The van der Waals surface area contributed by atoms with Crippen molar-refractivity contribution in [3.05, 3.63) is 61.2 Å². The summed E-state index contributed by atoms with van der Waals surface area (Å²) in [6, 6.07) is 11.7. The Hall–Kier alpha value is -3.32. The van der Waals surface area contributed by atoms with Crippen molar-refractivity contribution in [3.8, 4) is 11.4 Å². The molecule has 3 heterocycles. The van der Waals surface area contributed by atoms with Crippen LogP contribution in [-0.4, -0.2) is 38.4 Å². The van der Waals surface area contributed by atoms with E-state index in [1.54, 1.807) is 25.7 Å². The van der Waals surface area contributed by atoms with Gasteiger partial charge in [-0.25, -0.2) is 9.97 Å². The minimum absolute atomic E-state index is 0.614. The number of hydrogen-bond donors (Lipinski definition) is 1. The van der Waals surface area contributed by atoms with E-state index in [1.165, 1.54) is 0 Å². The largest absolute Gasteiger partial charge is 0.383 e. The third-order valence-corrected chi connectivity index (χ3v) is 3.94. The van der Waals surface area contributed by atoms with Crippen LogP contribution in [-0.2, 0) is 11.3 Å². The van der Waals surface area contributed by atoms with Crippen LogP contribution in [0.4, 0.5) is 11.5 Å². The van der Waals surface area contributed by atoms with Gasteiger partial charge in [-0.05, 0) is 24.3 Å². The van der Waals surface area contributed by atoms with Gasteiger partial charge in [-0.1, -0.05) is 12.1 Å². The predicted molar refractivity (Wildman–Crippen MR) is 100 cm³/mol. The second kappa shape index (κ2) is 7.28. The number of ether oxygens (including phenoxy) is 1. The molecule has 7 nitrogen and oxygen atoms in total. The highest BCUT2D eigenvalue weighted by atomic mass is 16.5. The summed E-state index contributed by atoms with van der Waals surface area (Å²) >= 11 is 0. The molecule has 0 aliphatic heterocycles. The first-order valence-electron chi connectivity index (χ1n) is 8.29. The summed E-state index contributed by atoms with van der Waals surface area (Å²) in [5, 5.41) is 8.64. The molecule has 1 aromatic carbocycles. The van der Waals surface area contributed by atoms with Crippen LogP contribution >= 0.6 is 0 Å². The van der Waals surface area contributed by atoms with E-state index >= 15 is 0 Å². The molecule has 26 heavy (non-hydrogen) atoms. The molecule has 7 heteroatoms. The van der Waals surface area contributed by atoms with Crippen LogP contribution in [0.5, 0.6) is 0 Å². The van der Waals surface area contributed by atoms with Crippen LogP contribution in [0.15, 0.2) is 61.2 Å². The van der Waals surface area contributed by atoms with E-state index in [0.717, 1.165) is 28.0 Å². The van der Waals surface area contributed by atoms with Crippen LogP contribution in [0.1, 0.15) is 0 Å². The molecule has 0 radical (unpaired) electrons. The highest BCUT2D eigenvalue weighted by molar-refractivity contribution is 5.92. The molecule has 0 bridgehead atoms. The van der Waals surface area contributed by atoms with E-state index in [-0.39, 0.29) is 0 Å². The van der Waals surface area contributed by atoms with E-state index < -0.39 is 0 Å². The molecule has 0 fully saturated rings. The lowest BCUT2D eigenvalue weighted by atomic mass is 10.2. The first-order chi connectivity index (χ1) is 12.8. The number of fused-ring (bicyclic) bond motifs is 1. The van der Waals surface area contributed by atoms with Gasteiger partial charge >= 0.3 is 0 Å². The first kappa shape index (κ1) is 16.2. The highest BCUT2D eigenvalue weighted by Gasteiger charge is 2.10. The van der Waals surface area contributed by atoms with Crippen LogP contribution in [0.3, 0.4) is 0 Å². The number of benzene rings is 1. The third-order valence-electron chi connectivity index (χ3n) is 3.94. The number of nitrogens with one attached hydrogen (secondary N) is 1. The molecule has 4 rings (SSSR count). The molecule has 3 aromatic heterocycles.